The standard InChI is InChI=1S/C17H20N2O3S/c1-21-10-9-19-16(20)12-23-17(19)13-7-8-18(11-13)14-5-3-4-6-15(14)22-2/h3-8,11,17H,9-10,12H2,1-2H3/t17-/m1/s1. The van der Waals surface area contributed by atoms with E-state index in [-0.39, 0.29) is 11.3 Å². The predicted molar refractivity (Wildman–Crippen MR) is 91.1 cm³/mol. The van der Waals surface area contributed by atoms with Crippen molar-refractivity contribution in [3.63, 3.8) is 0 Å². The Hall–Kier alpha value is -1.92. The maximum atomic E-state index is 12.1. The molecule has 122 valence electrons. The average molecular weight is 332 g/mol. The smallest absolute Gasteiger partial charge is 0.233 e. The first kappa shape index (κ1) is 16.0. The minimum atomic E-state index is 0.0496. The molecule has 0 N–H and O–H groups in total. The van der Waals surface area contributed by atoms with Crippen molar-refractivity contribution in [2.75, 3.05) is 33.1 Å². The van der Waals surface area contributed by atoms with Crippen LogP contribution in [-0.2, 0) is 9.53 Å². The second-order valence-corrected chi connectivity index (χ2v) is 6.34. The highest BCUT2D eigenvalue weighted by Crippen LogP contribution is 2.39. The van der Waals surface area contributed by atoms with Gasteiger partial charge in [0.25, 0.3) is 0 Å². The fraction of sp³-hybridized carbons (Fsp3) is 0.353. The number of hydrogen-bond donors (Lipinski definition) is 0. The van der Waals surface area contributed by atoms with E-state index in [1.807, 2.05) is 39.9 Å². The molecule has 0 radical (unpaired) electrons. The summed E-state index contributed by atoms with van der Waals surface area (Å²) in [4.78, 5) is 13.9. The summed E-state index contributed by atoms with van der Waals surface area (Å²) in [6.07, 6.45) is 4.07. The number of methoxy groups -OCH3 is 2. The number of benzene rings is 1. The van der Waals surface area contributed by atoms with Gasteiger partial charge in [0.05, 0.1) is 25.2 Å². The summed E-state index contributed by atoms with van der Waals surface area (Å²) in [5.74, 6) is 1.51. The molecule has 0 bridgehead atoms. The number of aromatic nitrogens is 1. The highest BCUT2D eigenvalue weighted by atomic mass is 32.2. The Morgan fingerprint density at radius 3 is 2.87 bits per heavy atom. The molecule has 1 aliphatic heterocycles. The quantitative estimate of drug-likeness (QED) is 0.816. The summed E-state index contributed by atoms with van der Waals surface area (Å²) in [6, 6.07) is 9.94. The zero-order valence-electron chi connectivity index (χ0n) is 13.3. The van der Waals surface area contributed by atoms with Crippen LogP contribution in [0.4, 0.5) is 0 Å². The van der Waals surface area contributed by atoms with Crippen LogP contribution in [0.1, 0.15) is 10.9 Å². The van der Waals surface area contributed by atoms with Crippen LogP contribution in [0.5, 0.6) is 5.75 Å². The molecule has 1 amide bonds. The molecule has 2 heterocycles. The Balaban J connectivity index is 1.85. The maximum absolute atomic E-state index is 12.1. The molecular weight excluding hydrogens is 312 g/mol. The summed E-state index contributed by atoms with van der Waals surface area (Å²) in [6.45, 7) is 1.17. The molecule has 2 aromatic rings. The van der Waals surface area contributed by atoms with E-state index in [4.69, 9.17) is 9.47 Å². The lowest BCUT2D eigenvalue weighted by Crippen LogP contribution is -2.31. The van der Waals surface area contributed by atoms with Crippen LogP contribution in [-0.4, -0.2) is 48.5 Å². The molecule has 1 aromatic heterocycles. The number of hydrogen-bond acceptors (Lipinski definition) is 4. The molecule has 3 rings (SSSR count). The van der Waals surface area contributed by atoms with E-state index in [9.17, 15) is 4.79 Å². The monoisotopic (exact) mass is 332 g/mol. The van der Waals surface area contributed by atoms with Gasteiger partial charge in [-0.3, -0.25) is 4.79 Å². The lowest BCUT2D eigenvalue weighted by molar-refractivity contribution is -0.128. The SMILES string of the molecule is COCCN1C(=O)CS[C@@H]1c1ccn(-c2ccccc2OC)c1. The Labute approximate surface area is 140 Å². The molecule has 1 aliphatic rings. The molecule has 0 spiro atoms. The van der Waals surface area contributed by atoms with Gasteiger partial charge in [-0.25, -0.2) is 0 Å². The number of carbonyl (C=O) groups is 1. The Kier molecular flexibility index (Phi) is 4.93. The van der Waals surface area contributed by atoms with Gasteiger partial charge in [-0.15, -0.1) is 11.8 Å². The second kappa shape index (κ2) is 7.10. The lowest BCUT2D eigenvalue weighted by atomic mass is 10.3. The average Bonchev–Trinajstić information content (AvgIpc) is 3.19. The number of nitrogens with zero attached hydrogens (tertiary/aromatic N) is 2. The van der Waals surface area contributed by atoms with Gasteiger partial charge in [-0.05, 0) is 18.2 Å². The van der Waals surface area contributed by atoms with Crippen molar-refractivity contribution in [2.45, 2.75) is 5.37 Å². The molecule has 23 heavy (non-hydrogen) atoms. The number of carbonyl (C=O) groups excluding carboxylic acids is 1. The maximum Gasteiger partial charge on any atom is 0.233 e. The molecule has 6 heteroatoms. The highest BCUT2D eigenvalue weighted by molar-refractivity contribution is 8.00. The van der Waals surface area contributed by atoms with Crippen LogP contribution in [0.3, 0.4) is 0 Å². The summed E-state index contributed by atoms with van der Waals surface area (Å²) >= 11 is 1.66. The van der Waals surface area contributed by atoms with E-state index in [2.05, 4.69) is 12.3 Å². The third-order valence-electron chi connectivity index (χ3n) is 3.87. The number of amides is 1. The molecule has 1 aromatic carbocycles. The van der Waals surface area contributed by atoms with Gasteiger partial charge < -0.3 is 18.9 Å². The molecule has 1 fully saturated rings. The van der Waals surface area contributed by atoms with Gasteiger partial charge in [0, 0.05) is 31.6 Å². The van der Waals surface area contributed by atoms with Crippen LogP contribution in [0, 0.1) is 0 Å². The Morgan fingerprint density at radius 2 is 2.09 bits per heavy atom. The van der Waals surface area contributed by atoms with Crippen molar-refractivity contribution in [3.05, 3.63) is 48.3 Å². The molecule has 1 saturated heterocycles. The molecule has 0 aliphatic carbocycles. The number of para-hydroxylation sites is 2. The van der Waals surface area contributed by atoms with E-state index >= 15 is 0 Å². The van der Waals surface area contributed by atoms with Crippen molar-refractivity contribution >= 4 is 17.7 Å². The number of rotatable bonds is 6. The Morgan fingerprint density at radius 1 is 1.26 bits per heavy atom. The third-order valence-corrected chi connectivity index (χ3v) is 5.12. The fourth-order valence-electron chi connectivity index (χ4n) is 2.71. The van der Waals surface area contributed by atoms with Crippen LogP contribution in [0.25, 0.3) is 5.69 Å². The van der Waals surface area contributed by atoms with E-state index in [0.717, 1.165) is 17.0 Å². The summed E-state index contributed by atoms with van der Waals surface area (Å²) in [5, 5.41) is 0.0496. The van der Waals surface area contributed by atoms with Gasteiger partial charge in [-0.2, -0.15) is 0 Å². The molecular formula is C17H20N2O3S. The van der Waals surface area contributed by atoms with Crippen LogP contribution < -0.4 is 4.74 Å². The van der Waals surface area contributed by atoms with E-state index in [1.54, 1.807) is 26.0 Å². The summed E-state index contributed by atoms with van der Waals surface area (Å²) in [5.41, 5.74) is 2.10. The normalized spacial score (nSPS) is 17.7. The second-order valence-electron chi connectivity index (χ2n) is 5.27. The fourth-order valence-corrected chi connectivity index (χ4v) is 3.91. The Bertz CT molecular complexity index is 686. The minimum absolute atomic E-state index is 0.0496. The van der Waals surface area contributed by atoms with Crippen molar-refractivity contribution in [1.82, 2.24) is 9.47 Å². The zero-order chi connectivity index (χ0) is 16.2. The first-order chi connectivity index (χ1) is 11.2. The van der Waals surface area contributed by atoms with Crippen molar-refractivity contribution in [3.8, 4) is 11.4 Å². The predicted octanol–water partition coefficient (Wildman–Crippen LogP) is 2.71. The first-order valence-electron chi connectivity index (χ1n) is 7.46. The molecule has 0 unspecified atom stereocenters. The summed E-state index contributed by atoms with van der Waals surface area (Å²) in [7, 11) is 3.32. The molecule has 5 nitrogen and oxygen atoms in total. The van der Waals surface area contributed by atoms with Gasteiger partial charge >= 0.3 is 0 Å². The van der Waals surface area contributed by atoms with Gasteiger partial charge in [0.2, 0.25) is 5.91 Å². The van der Waals surface area contributed by atoms with Gasteiger partial charge in [0.1, 0.15) is 11.1 Å². The zero-order valence-corrected chi connectivity index (χ0v) is 14.1. The van der Waals surface area contributed by atoms with Crippen molar-refractivity contribution in [2.24, 2.45) is 0 Å². The van der Waals surface area contributed by atoms with Crippen LogP contribution >= 0.6 is 11.8 Å². The third kappa shape index (κ3) is 3.23. The topological polar surface area (TPSA) is 43.7 Å². The van der Waals surface area contributed by atoms with Crippen LogP contribution in [0.2, 0.25) is 0 Å². The lowest BCUT2D eigenvalue weighted by Gasteiger charge is -2.22. The summed E-state index contributed by atoms with van der Waals surface area (Å²) < 4.78 is 12.6. The number of thioether (sulfide) groups is 1. The first-order valence-corrected chi connectivity index (χ1v) is 8.50. The van der Waals surface area contributed by atoms with Gasteiger partial charge in [-0.1, -0.05) is 12.1 Å². The van der Waals surface area contributed by atoms with E-state index in [1.165, 1.54) is 0 Å². The van der Waals surface area contributed by atoms with Crippen LogP contribution in [0.15, 0.2) is 42.7 Å². The minimum Gasteiger partial charge on any atom is -0.495 e. The van der Waals surface area contributed by atoms with Gasteiger partial charge in [0.15, 0.2) is 0 Å². The largest absolute Gasteiger partial charge is 0.495 e. The molecule has 0 saturated carbocycles. The van der Waals surface area contributed by atoms with E-state index < -0.39 is 0 Å². The van der Waals surface area contributed by atoms with Crippen molar-refractivity contribution in [1.29, 1.82) is 0 Å². The van der Waals surface area contributed by atoms with E-state index in [0.29, 0.717) is 18.9 Å². The highest BCUT2D eigenvalue weighted by Gasteiger charge is 2.32. The molecule has 1 atom stereocenters. The number of ether oxygens (including phenoxy) is 2. The van der Waals surface area contributed by atoms with Crippen molar-refractivity contribution < 1.29 is 14.3 Å².